The summed E-state index contributed by atoms with van der Waals surface area (Å²) in [6.45, 7) is 2.89. The standard InChI is InChI=1S/C15H22N6S/c16-13-10-19-15(18-8-5-12-2-1-9-22-12)21-14(13)20-11-3-6-17-7-4-11/h1-2,9-11,17H,3-8,16H2,(H2,18,19,20,21). The Hall–Kier alpha value is -1.86. The molecule has 1 saturated heterocycles. The highest BCUT2D eigenvalue weighted by molar-refractivity contribution is 7.09. The zero-order chi connectivity index (χ0) is 15.2. The number of nitrogens with two attached hydrogens (primary N) is 1. The van der Waals surface area contributed by atoms with Crippen molar-refractivity contribution < 1.29 is 0 Å². The molecule has 3 rings (SSSR count). The second kappa shape index (κ2) is 7.42. The lowest BCUT2D eigenvalue weighted by Crippen LogP contribution is -2.35. The van der Waals surface area contributed by atoms with E-state index in [4.69, 9.17) is 5.73 Å². The number of nitrogen functional groups attached to an aromatic ring is 1. The van der Waals surface area contributed by atoms with Gasteiger partial charge in [-0.1, -0.05) is 6.07 Å². The first-order valence-corrected chi connectivity index (χ1v) is 8.55. The molecular weight excluding hydrogens is 296 g/mol. The van der Waals surface area contributed by atoms with E-state index in [-0.39, 0.29) is 0 Å². The van der Waals surface area contributed by atoms with Gasteiger partial charge in [-0.3, -0.25) is 0 Å². The van der Waals surface area contributed by atoms with Gasteiger partial charge in [-0.2, -0.15) is 4.98 Å². The van der Waals surface area contributed by atoms with Gasteiger partial charge in [0.25, 0.3) is 0 Å². The first-order chi connectivity index (χ1) is 10.8. The lowest BCUT2D eigenvalue weighted by Gasteiger charge is -2.24. The summed E-state index contributed by atoms with van der Waals surface area (Å²) in [5.41, 5.74) is 6.58. The molecule has 0 amide bonds. The highest BCUT2D eigenvalue weighted by Crippen LogP contribution is 2.19. The Morgan fingerprint density at radius 1 is 1.36 bits per heavy atom. The molecule has 1 aliphatic rings. The van der Waals surface area contributed by atoms with Crippen molar-refractivity contribution in [3.8, 4) is 0 Å². The third-order valence-corrected chi connectivity index (χ3v) is 4.67. The molecule has 3 heterocycles. The summed E-state index contributed by atoms with van der Waals surface area (Å²) >= 11 is 1.77. The van der Waals surface area contributed by atoms with Crippen molar-refractivity contribution in [3.63, 3.8) is 0 Å². The van der Waals surface area contributed by atoms with Crippen molar-refractivity contribution >= 4 is 28.8 Å². The average Bonchev–Trinajstić information content (AvgIpc) is 3.05. The van der Waals surface area contributed by atoms with Gasteiger partial charge >= 0.3 is 0 Å². The number of nitrogens with zero attached hydrogens (tertiary/aromatic N) is 2. The second-order valence-corrected chi connectivity index (χ2v) is 6.45. The predicted molar refractivity (Wildman–Crippen MR) is 92.5 cm³/mol. The van der Waals surface area contributed by atoms with Gasteiger partial charge in [0.15, 0.2) is 5.82 Å². The highest BCUT2D eigenvalue weighted by atomic mass is 32.1. The fourth-order valence-electron chi connectivity index (χ4n) is 2.50. The Balaban J connectivity index is 1.56. The predicted octanol–water partition coefficient (Wildman–Crippen LogP) is 1.94. The van der Waals surface area contributed by atoms with Crippen LogP contribution in [0.1, 0.15) is 17.7 Å². The van der Waals surface area contributed by atoms with Crippen molar-refractivity contribution in [3.05, 3.63) is 28.6 Å². The smallest absolute Gasteiger partial charge is 0.224 e. The van der Waals surface area contributed by atoms with Crippen LogP contribution in [-0.4, -0.2) is 35.6 Å². The SMILES string of the molecule is Nc1cnc(NCCc2cccs2)nc1NC1CCNCC1. The molecule has 0 unspecified atom stereocenters. The fourth-order valence-corrected chi connectivity index (χ4v) is 3.21. The summed E-state index contributed by atoms with van der Waals surface area (Å²) in [4.78, 5) is 10.1. The van der Waals surface area contributed by atoms with Gasteiger partial charge in [0.2, 0.25) is 5.95 Å². The van der Waals surface area contributed by atoms with Crippen LogP contribution in [0.5, 0.6) is 0 Å². The number of rotatable bonds is 6. The van der Waals surface area contributed by atoms with Crippen molar-refractivity contribution in [1.29, 1.82) is 0 Å². The van der Waals surface area contributed by atoms with E-state index in [9.17, 15) is 0 Å². The molecule has 0 saturated carbocycles. The van der Waals surface area contributed by atoms with E-state index >= 15 is 0 Å². The molecule has 0 spiro atoms. The molecule has 0 radical (unpaired) electrons. The van der Waals surface area contributed by atoms with E-state index < -0.39 is 0 Å². The number of hydrogen-bond acceptors (Lipinski definition) is 7. The molecule has 0 atom stereocenters. The zero-order valence-electron chi connectivity index (χ0n) is 12.5. The lowest BCUT2D eigenvalue weighted by atomic mass is 10.1. The minimum atomic E-state index is 0.428. The minimum absolute atomic E-state index is 0.428. The van der Waals surface area contributed by atoms with Gasteiger partial charge in [-0.25, -0.2) is 4.98 Å². The van der Waals surface area contributed by atoms with Gasteiger partial charge in [0.1, 0.15) is 0 Å². The zero-order valence-corrected chi connectivity index (χ0v) is 13.3. The third-order valence-electron chi connectivity index (χ3n) is 3.73. The molecule has 0 bridgehead atoms. The van der Waals surface area contributed by atoms with Crippen LogP contribution in [0.2, 0.25) is 0 Å². The normalized spacial score (nSPS) is 15.6. The summed E-state index contributed by atoms with van der Waals surface area (Å²) in [6.07, 6.45) is 4.82. The van der Waals surface area contributed by atoms with Gasteiger partial charge in [0, 0.05) is 17.5 Å². The van der Waals surface area contributed by atoms with Crippen molar-refractivity contribution in [2.24, 2.45) is 0 Å². The van der Waals surface area contributed by atoms with Crippen LogP contribution in [0, 0.1) is 0 Å². The molecule has 0 aliphatic carbocycles. The Labute approximate surface area is 134 Å². The Morgan fingerprint density at radius 2 is 2.23 bits per heavy atom. The van der Waals surface area contributed by atoms with E-state index in [2.05, 4.69) is 43.4 Å². The molecule has 2 aromatic heterocycles. The number of piperidine rings is 1. The first kappa shape index (κ1) is 15.1. The van der Waals surface area contributed by atoms with Gasteiger partial charge in [-0.05, 0) is 43.8 Å². The Bertz CT molecular complexity index is 580. The first-order valence-electron chi connectivity index (χ1n) is 7.67. The summed E-state index contributed by atoms with van der Waals surface area (Å²) in [6, 6.07) is 4.64. The number of hydrogen-bond donors (Lipinski definition) is 4. The van der Waals surface area contributed by atoms with Crippen LogP contribution in [0.15, 0.2) is 23.7 Å². The van der Waals surface area contributed by atoms with Gasteiger partial charge in [0.05, 0.1) is 11.9 Å². The van der Waals surface area contributed by atoms with Crippen LogP contribution in [0.3, 0.4) is 0 Å². The largest absolute Gasteiger partial charge is 0.394 e. The Kier molecular flexibility index (Phi) is 5.07. The van der Waals surface area contributed by atoms with Crippen molar-refractivity contribution in [2.45, 2.75) is 25.3 Å². The van der Waals surface area contributed by atoms with Crippen LogP contribution < -0.4 is 21.7 Å². The molecule has 118 valence electrons. The quantitative estimate of drug-likeness (QED) is 0.651. The van der Waals surface area contributed by atoms with E-state index in [1.807, 2.05) is 0 Å². The third kappa shape index (κ3) is 4.08. The monoisotopic (exact) mass is 318 g/mol. The molecule has 5 N–H and O–H groups in total. The van der Waals surface area contributed by atoms with E-state index in [0.717, 1.165) is 44.7 Å². The molecule has 1 aliphatic heterocycles. The van der Waals surface area contributed by atoms with Crippen LogP contribution in [-0.2, 0) is 6.42 Å². The van der Waals surface area contributed by atoms with Gasteiger partial charge < -0.3 is 21.7 Å². The number of anilines is 3. The van der Waals surface area contributed by atoms with Gasteiger partial charge in [-0.15, -0.1) is 11.3 Å². The molecule has 6 nitrogen and oxygen atoms in total. The van der Waals surface area contributed by atoms with Crippen molar-refractivity contribution in [2.75, 3.05) is 36.0 Å². The van der Waals surface area contributed by atoms with Crippen LogP contribution in [0.4, 0.5) is 17.5 Å². The summed E-state index contributed by atoms with van der Waals surface area (Å²) in [5, 5.41) is 12.1. The van der Waals surface area contributed by atoms with Crippen LogP contribution >= 0.6 is 11.3 Å². The average molecular weight is 318 g/mol. The topological polar surface area (TPSA) is 87.9 Å². The maximum atomic E-state index is 5.98. The molecule has 1 fully saturated rings. The second-order valence-electron chi connectivity index (χ2n) is 5.42. The van der Waals surface area contributed by atoms with E-state index in [0.29, 0.717) is 17.7 Å². The summed E-state index contributed by atoms with van der Waals surface area (Å²) in [7, 11) is 0. The lowest BCUT2D eigenvalue weighted by molar-refractivity contribution is 0.478. The maximum Gasteiger partial charge on any atom is 0.224 e. The number of nitrogens with one attached hydrogen (secondary N) is 3. The number of thiophene rings is 1. The van der Waals surface area contributed by atoms with E-state index in [1.54, 1.807) is 17.5 Å². The fraction of sp³-hybridized carbons (Fsp3) is 0.467. The minimum Gasteiger partial charge on any atom is -0.394 e. The van der Waals surface area contributed by atoms with Crippen LogP contribution in [0.25, 0.3) is 0 Å². The van der Waals surface area contributed by atoms with E-state index in [1.165, 1.54) is 4.88 Å². The maximum absolute atomic E-state index is 5.98. The van der Waals surface area contributed by atoms with Crippen molar-refractivity contribution in [1.82, 2.24) is 15.3 Å². The number of aromatic nitrogens is 2. The molecule has 2 aromatic rings. The molecule has 7 heteroatoms. The Morgan fingerprint density at radius 3 is 3.00 bits per heavy atom. The molecule has 0 aromatic carbocycles. The molecular formula is C15H22N6S. The summed E-state index contributed by atoms with van der Waals surface area (Å²) < 4.78 is 0. The highest BCUT2D eigenvalue weighted by Gasteiger charge is 2.15. The molecule has 22 heavy (non-hydrogen) atoms. The summed E-state index contributed by atoms with van der Waals surface area (Å²) in [5.74, 6) is 1.36.